The van der Waals surface area contributed by atoms with E-state index in [-0.39, 0.29) is 0 Å². The van der Waals surface area contributed by atoms with E-state index < -0.39 is 0 Å². The van der Waals surface area contributed by atoms with Crippen LogP contribution in [0.1, 0.15) is 17.2 Å². The number of hydrogen-bond acceptors (Lipinski definition) is 8. The summed E-state index contributed by atoms with van der Waals surface area (Å²) in [5.74, 6) is 8.06. The highest BCUT2D eigenvalue weighted by atomic mass is 16.5. The molecule has 8 heteroatoms. The van der Waals surface area contributed by atoms with Crippen molar-refractivity contribution >= 4 is 11.6 Å². The summed E-state index contributed by atoms with van der Waals surface area (Å²) < 4.78 is 4.66. The van der Waals surface area contributed by atoms with Crippen LogP contribution in [0.15, 0.2) is 10.9 Å². The van der Waals surface area contributed by atoms with E-state index in [9.17, 15) is 0 Å². The molecule has 0 aliphatic carbocycles. The molecule has 2 aromatic heterocycles. The van der Waals surface area contributed by atoms with Gasteiger partial charge in [0, 0.05) is 18.5 Å². The first-order chi connectivity index (χ1) is 8.70. The number of aromatic nitrogens is 4. The van der Waals surface area contributed by atoms with Gasteiger partial charge in [-0.25, -0.2) is 15.8 Å². The van der Waals surface area contributed by atoms with Crippen LogP contribution in [-0.2, 0) is 6.42 Å². The second-order valence-corrected chi connectivity index (χ2v) is 3.76. The van der Waals surface area contributed by atoms with Crippen molar-refractivity contribution in [2.24, 2.45) is 5.84 Å². The van der Waals surface area contributed by atoms with E-state index in [4.69, 9.17) is 5.84 Å². The van der Waals surface area contributed by atoms with Gasteiger partial charge >= 0.3 is 0 Å². The fraction of sp³-hybridized carbons (Fsp3) is 0.400. The van der Waals surface area contributed by atoms with Gasteiger partial charge in [-0.05, 0) is 13.8 Å². The highest BCUT2D eigenvalue weighted by Gasteiger charge is 2.08. The molecular formula is C10H15N7O. The minimum absolute atomic E-state index is 0.615. The van der Waals surface area contributed by atoms with Crippen molar-refractivity contribution < 1.29 is 4.52 Å². The van der Waals surface area contributed by atoms with Gasteiger partial charge in [0.2, 0.25) is 6.39 Å². The Kier molecular flexibility index (Phi) is 3.68. The van der Waals surface area contributed by atoms with Gasteiger partial charge in [0.15, 0.2) is 5.82 Å². The summed E-state index contributed by atoms with van der Waals surface area (Å²) in [7, 11) is 0. The molecule has 0 spiro atoms. The lowest BCUT2D eigenvalue weighted by Gasteiger charge is -2.11. The lowest BCUT2D eigenvalue weighted by atomic mass is 10.3. The molecule has 0 bridgehead atoms. The minimum atomic E-state index is 0.615. The predicted molar refractivity (Wildman–Crippen MR) is 65.8 cm³/mol. The predicted octanol–water partition coefficient (Wildman–Crippen LogP) is 0.417. The zero-order valence-corrected chi connectivity index (χ0v) is 10.3. The van der Waals surface area contributed by atoms with Gasteiger partial charge in [0.1, 0.15) is 17.5 Å². The molecule has 4 N–H and O–H groups in total. The SMILES string of the molecule is Cc1nc(NN)c(C)c(NCCc2ncon2)n1. The highest BCUT2D eigenvalue weighted by molar-refractivity contribution is 5.56. The van der Waals surface area contributed by atoms with Crippen LogP contribution in [0.4, 0.5) is 11.6 Å². The average Bonchev–Trinajstić information content (AvgIpc) is 2.86. The Hall–Kier alpha value is -2.22. The third kappa shape index (κ3) is 2.72. The Bertz CT molecular complexity index is 511. The summed E-state index contributed by atoms with van der Waals surface area (Å²) >= 11 is 0. The van der Waals surface area contributed by atoms with Gasteiger partial charge in [0.05, 0.1) is 0 Å². The maximum Gasteiger partial charge on any atom is 0.213 e. The second-order valence-electron chi connectivity index (χ2n) is 3.76. The Balaban J connectivity index is 2.02. The average molecular weight is 249 g/mol. The monoisotopic (exact) mass is 249 g/mol. The normalized spacial score (nSPS) is 10.4. The molecule has 0 amide bonds. The van der Waals surface area contributed by atoms with Crippen LogP contribution >= 0.6 is 0 Å². The van der Waals surface area contributed by atoms with Crippen molar-refractivity contribution in [1.82, 2.24) is 20.1 Å². The number of hydrazine groups is 1. The van der Waals surface area contributed by atoms with Gasteiger partial charge in [-0.15, -0.1) is 0 Å². The quantitative estimate of drug-likeness (QED) is 0.515. The smallest absolute Gasteiger partial charge is 0.213 e. The summed E-state index contributed by atoms with van der Waals surface area (Å²) in [6, 6.07) is 0. The molecule has 96 valence electrons. The van der Waals surface area contributed by atoms with Crippen molar-refractivity contribution in [2.45, 2.75) is 20.3 Å². The number of anilines is 2. The van der Waals surface area contributed by atoms with Crippen molar-refractivity contribution in [1.29, 1.82) is 0 Å². The van der Waals surface area contributed by atoms with Crippen molar-refractivity contribution in [2.75, 3.05) is 17.3 Å². The number of hydrogen-bond donors (Lipinski definition) is 3. The first kappa shape index (κ1) is 12.2. The molecule has 0 saturated heterocycles. The zero-order valence-electron chi connectivity index (χ0n) is 10.3. The molecule has 0 unspecified atom stereocenters. The molecule has 0 atom stereocenters. The number of nitrogen functional groups attached to an aromatic ring is 1. The Morgan fingerprint density at radius 2 is 2.06 bits per heavy atom. The fourth-order valence-electron chi connectivity index (χ4n) is 1.54. The lowest BCUT2D eigenvalue weighted by Crippen LogP contribution is -2.15. The van der Waals surface area contributed by atoms with Gasteiger partial charge in [-0.2, -0.15) is 4.98 Å². The van der Waals surface area contributed by atoms with Gasteiger partial charge < -0.3 is 15.3 Å². The van der Waals surface area contributed by atoms with E-state index in [1.165, 1.54) is 6.39 Å². The Morgan fingerprint density at radius 1 is 1.28 bits per heavy atom. The molecule has 8 nitrogen and oxygen atoms in total. The molecule has 0 fully saturated rings. The fourth-order valence-corrected chi connectivity index (χ4v) is 1.54. The molecule has 0 aromatic carbocycles. The minimum Gasteiger partial charge on any atom is -0.369 e. The number of aryl methyl sites for hydroxylation is 1. The first-order valence-corrected chi connectivity index (χ1v) is 5.51. The largest absolute Gasteiger partial charge is 0.369 e. The van der Waals surface area contributed by atoms with Crippen LogP contribution < -0.4 is 16.6 Å². The van der Waals surface area contributed by atoms with Gasteiger partial charge in [-0.1, -0.05) is 5.16 Å². The Labute approximate surface area is 104 Å². The second kappa shape index (κ2) is 5.41. The van der Waals surface area contributed by atoms with E-state index in [0.29, 0.717) is 30.4 Å². The Morgan fingerprint density at radius 3 is 2.72 bits per heavy atom. The van der Waals surface area contributed by atoms with Crippen molar-refractivity contribution in [3.8, 4) is 0 Å². The summed E-state index contributed by atoms with van der Waals surface area (Å²) in [6.45, 7) is 4.36. The van der Waals surface area contributed by atoms with Crippen molar-refractivity contribution in [3.05, 3.63) is 23.6 Å². The molecule has 18 heavy (non-hydrogen) atoms. The van der Waals surface area contributed by atoms with Crippen LogP contribution in [0.2, 0.25) is 0 Å². The van der Waals surface area contributed by atoms with Crippen LogP contribution in [0, 0.1) is 13.8 Å². The lowest BCUT2D eigenvalue weighted by molar-refractivity contribution is 0.410. The van der Waals surface area contributed by atoms with Gasteiger partial charge in [-0.3, -0.25) is 0 Å². The number of nitrogens with zero attached hydrogens (tertiary/aromatic N) is 4. The van der Waals surface area contributed by atoms with Crippen LogP contribution in [-0.4, -0.2) is 26.7 Å². The van der Waals surface area contributed by atoms with Gasteiger partial charge in [0.25, 0.3) is 0 Å². The van der Waals surface area contributed by atoms with E-state index in [1.54, 1.807) is 0 Å². The molecule has 0 aliphatic heterocycles. The highest BCUT2D eigenvalue weighted by Crippen LogP contribution is 2.18. The molecule has 0 aliphatic rings. The van der Waals surface area contributed by atoms with Crippen LogP contribution in [0.5, 0.6) is 0 Å². The van der Waals surface area contributed by atoms with E-state index in [1.807, 2.05) is 13.8 Å². The molecule has 2 aromatic rings. The van der Waals surface area contributed by atoms with E-state index in [0.717, 1.165) is 11.4 Å². The summed E-state index contributed by atoms with van der Waals surface area (Å²) in [6.07, 6.45) is 1.97. The van der Waals surface area contributed by atoms with E-state index in [2.05, 4.69) is 35.4 Å². The third-order valence-electron chi connectivity index (χ3n) is 2.44. The molecule has 2 rings (SSSR count). The topological polar surface area (TPSA) is 115 Å². The maximum atomic E-state index is 5.39. The number of rotatable bonds is 5. The summed E-state index contributed by atoms with van der Waals surface area (Å²) in [5.41, 5.74) is 3.42. The molecule has 2 heterocycles. The number of nitrogens with two attached hydrogens (primary N) is 1. The van der Waals surface area contributed by atoms with E-state index >= 15 is 0 Å². The van der Waals surface area contributed by atoms with Crippen LogP contribution in [0.25, 0.3) is 0 Å². The third-order valence-corrected chi connectivity index (χ3v) is 2.44. The maximum absolute atomic E-state index is 5.39. The molecular weight excluding hydrogens is 234 g/mol. The molecule has 0 radical (unpaired) electrons. The van der Waals surface area contributed by atoms with Crippen molar-refractivity contribution in [3.63, 3.8) is 0 Å². The van der Waals surface area contributed by atoms with Crippen LogP contribution in [0.3, 0.4) is 0 Å². The molecule has 0 saturated carbocycles. The summed E-state index contributed by atoms with van der Waals surface area (Å²) in [5, 5.41) is 6.93. The standard InChI is InChI=1S/C10H15N7O/c1-6-9(14-7(2)15-10(6)16-11)12-4-3-8-13-5-18-17-8/h5H,3-4,11H2,1-2H3,(H2,12,14,15,16). The zero-order chi connectivity index (χ0) is 13.0. The summed E-state index contributed by atoms with van der Waals surface area (Å²) in [4.78, 5) is 12.4. The first-order valence-electron chi connectivity index (χ1n) is 5.51. The number of nitrogens with one attached hydrogen (secondary N) is 2.